The van der Waals surface area contributed by atoms with Gasteiger partial charge >= 0.3 is 10.1 Å². The minimum absolute atomic E-state index is 0.129. The molecule has 0 bridgehead atoms. The van der Waals surface area contributed by atoms with Gasteiger partial charge in [0, 0.05) is 5.39 Å². The number of hydrogen-bond acceptors (Lipinski definition) is 4. The zero-order valence-electron chi connectivity index (χ0n) is 13.1. The van der Waals surface area contributed by atoms with Crippen LogP contribution in [0.1, 0.15) is 0 Å². The molecular formula is C20H14O4S. The third-order valence-electron chi connectivity index (χ3n) is 3.88. The first-order valence-electron chi connectivity index (χ1n) is 7.69. The molecular weight excluding hydrogens is 336 g/mol. The predicted molar refractivity (Wildman–Crippen MR) is 95.9 cm³/mol. The van der Waals surface area contributed by atoms with E-state index in [-0.39, 0.29) is 10.6 Å². The minimum Gasteiger partial charge on any atom is -0.464 e. The molecule has 4 nitrogen and oxygen atoms in total. The van der Waals surface area contributed by atoms with Gasteiger partial charge in [0.1, 0.15) is 16.2 Å². The molecule has 1 heterocycles. The van der Waals surface area contributed by atoms with Crippen molar-refractivity contribution < 1.29 is 17.0 Å². The van der Waals surface area contributed by atoms with Gasteiger partial charge in [0.15, 0.2) is 0 Å². The predicted octanol–water partition coefficient (Wildman–Crippen LogP) is 4.87. The molecule has 4 rings (SSSR count). The van der Waals surface area contributed by atoms with E-state index in [0.717, 1.165) is 22.1 Å². The standard InChI is InChI=1S/C20H14O4S/c21-25(22,19-4-2-1-3-5-19)24-18-9-6-15(7-10-18)16-8-11-20-17(14-16)12-13-23-20/h1-14H. The summed E-state index contributed by atoms with van der Waals surface area (Å²) < 4.78 is 35.0. The Morgan fingerprint density at radius 3 is 2.24 bits per heavy atom. The lowest BCUT2D eigenvalue weighted by atomic mass is 10.0. The Balaban J connectivity index is 1.59. The van der Waals surface area contributed by atoms with Gasteiger partial charge in [-0.3, -0.25) is 0 Å². The van der Waals surface area contributed by atoms with Gasteiger partial charge < -0.3 is 8.60 Å². The van der Waals surface area contributed by atoms with Crippen molar-refractivity contribution in [2.45, 2.75) is 4.90 Å². The Morgan fingerprint density at radius 2 is 1.48 bits per heavy atom. The summed E-state index contributed by atoms with van der Waals surface area (Å²) in [5, 5.41) is 1.02. The largest absolute Gasteiger partial charge is 0.464 e. The maximum Gasteiger partial charge on any atom is 0.339 e. The van der Waals surface area contributed by atoms with Crippen LogP contribution in [0.15, 0.2) is 94.4 Å². The van der Waals surface area contributed by atoms with Gasteiger partial charge in [0.2, 0.25) is 0 Å². The van der Waals surface area contributed by atoms with Crippen LogP contribution in [0, 0.1) is 0 Å². The second-order valence-corrected chi connectivity index (χ2v) is 7.09. The molecule has 0 saturated heterocycles. The summed E-state index contributed by atoms with van der Waals surface area (Å²) in [6, 6.07) is 22.8. The zero-order chi connectivity index (χ0) is 17.3. The number of furan rings is 1. The molecule has 0 N–H and O–H groups in total. The molecule has 5 heteroatoms. The van der Waals surface area contributed by atoms with Gasteiger partial charge in [0.05, 0.1) is 6.26 Å². The van der Waals surface area contributed by atoms with Gasteiger partial charge in [0.25, 0.3) is 0 Å². The Morgan fingerprint density at radius 1 is 0.760 bits per heavy atom. The highest BCUT2D eigenvalue weighted by Crippen LogP contribution is 2.27. The summed E-state index contributed by atoms with van der Waals surface area (Å²) in [6.45, 7) is 0. The summed E-state index contributed by atoms with van der Waals surface area (Å²) in [4.78, 5) is 0.129. The summed E-state index contributed by atoms with van der Waals surface area (Å²) in [7, 11) is -3.82. The summed E-state index contributed by atoms with van der Waals surface area (Å²) in [6.07, 6.45) is 1.65. The summed E-state index contributed by atoms with van der Waals surface area (Å²) >= 11 is 0. The molecule has 0 aliphatic carbocycles. The molecule has 0 atom stereocenters. The van der Waals surface area contributed by atoms with Crippen molar-refractivity contribution in [1.29, 1.82) is 0 Å². The lowest BCUT2D eigenvalue weighted by Crippen LogP contribution is -2.09. The molecule has 0 aliphatic heterocycles. The molecule has 0 fully saturated rings. The third-order valence-corrected chi connectivity index (χ3v) is 5.14. The molecule has 124 valence electrons. The van der Waals surface area contributed by atoms with Crippen molar-refractivity contribution in [2.75, 3.05) is 0 Å². The van der Waals surface area contributed by atoms with Crippen molar-refractivity contribution in [1.82, 2.24) is 0 Å². The van der Waals surface area contributed by atoms with E-state index in [1.54, 1.807) is 36.6 Å². The molecule has 0 aliphatic rings. The quantitative estimate of drug-likeness (QED) is 0.493. The topological polar surface area (TPSA) is 56.5 Å². The number of hydrogen-bond donors (Lipinski definition) is 0. The van der Waals surface area contributed by atoms with E-state index in [0.29, 0.717) is 0 Å². The van der Waals surface area contributed by atoms with E-state index in [4.69, 9.17) is 8.60 Å². The lowest BCUT2D eigenvalue weighted by molar-refractivity contribution is 0.486. The van der Waals surface area contributed by atoms with Crippen LogP contribution in [0.4, 0.5) is 0 Å². The Bertz CT molecular complexity index is 1110. The smallest absolute Gasteiger partial charge is 0.339 e. The second-order valence-electron chi connectivity index (χ2n) is 5.55. The molecule has 0 spiro atoms. The van der Waals surface area contributed by atoms with E-state index in [2.05, 4.69) is 0 Å². The fourth-order valence-electron chi connectivity index (χ4n) is 2.61. The maximum atomic E-state index is 12.2. The first-order valence-corrected chi connectivity index (χ1v) is 9.10. The lowest BCUT2D eigenvalue weighted by Gasteiger charge is -2.08. The van der Waals surface area contributed by atoms with Crippen LogP contribution in [0.25, 0.3) is 22.1 Å². The number of fused-ring (bicyclic) bond motifs is 1. The van der Waals surface area contributed by atoms with E-state index in [9.17, 15) is 8.42 Å². The molecule has 3 aromatic carbocycles. The van der Waals surface area contributed by atoms with Crippen LogP contribution in [0.3, 0.4) is 0 Å². The Kier molecular flexibility index (Phi) is 3.78. The Labute approximate surface area is 145 Å². The van der Waals surface area contributed by atoms with Crippen molar-refractivity contribution in [2.24, 2.45) is 0 Å². The van der Waals surface area contributed by atoms with Crippen LogP contribution >= 0.6 is 0 Å². The molecule has 25 heavy (non-hydrogen) atoms. The minimum atomic E-state index is -3.82. The highest BCUT2D eigenvalue weighted by Gasteiger charge is 2.15. The van der Waals surface area contributed by atoms with Crippen molar-refractivity contribution in [3.8, 4) is 16.9 Å². The van der Waals surface area contributed by atoms with Gasteiger partial charge in [-0.15, -0.1) is 0 Å². The summed E-state index contributed by atoms with van der Waals surface area (Å²) in [5.41, 5.74) is 2.82. The molecule has 0 amide bonds. The van der Waals surface area contributed by atoms with E-state index >= 15 is 0 Å². The third kappa shape index (κ3) is 3.14. The first kappa shape index (κ1) is 15.5. The number of rotatable bonds is 4. The fourth-order valence-corrected chi connectivity index (χ4v) is 3.56. The van der Waals surface area contributed by atoms with Gasteiger partial charge in [-0.1, -0.05) is 36.4 Å². The van der Waals surface area contributed by atoms with Crippen LogP contribution in [0.2, 0.25) is 0 Å². The average molecular weight is 350 g/mol. The molecule has 0 unspecified atom stereocenters. The second kappa shape index (κ2) is 6.11. The summed E-state index contributed by atoms with van der Waals surface area (Å²) in [5.74, 6) is 0.275. The zero-order valence-corrected chi connectivity index (χ0v) is 13.9. The molecule has 0 saturated carbocycles. The van der Waals surface area contributed by atoms with Crippen molar-refractivity contribution in [3.05, 3.63) is 85.1 Å². The average Bonchev–Trinajstić information content (AvgIpc) is 3.10. The fraction of sp³-hybridized carbons (Fsp3) is 0. The van der Waals surface area contributed by atoms with E-state index in [1.807, 2.05) is 36.4 Å². The van der Waals surface area contributed by atoms with Gasteiger partial charge in [-0.2, -0.15) is 8.42 Å². The van der Waals surface area contributed by atoms with Crippen LogP contribution in [-0.4, -0.2) is 8.42 Å². The van der Waals surface area contributed by atoms with E-state index in [1.165, 1.54) is 12.1 Å². The highest BCUT2D eigenvalue weighted by atomic mass is 32.2. The van der Waals surface area contributed by atoms with Crippen molar-refractivity contribution >= 4 is 21.1 Å². The molecule has 1 aromatic heterocycles. The molecule has 0 radical (unpaired) electrons. The normalized spacial score (nSPS) is 11.5. The van der Waals surface area contributed by atoms with Crippen LogP contribution < -0.4 is 4.18 Å². The maximum absolute atomic E-state index is 12.2. The SMILES string of the molecule is O=S(=O)(Oc1ccc(-c2ccc3occc3c2)cc1)c1ccccc1. The molecule has 4 aromatic rings. The van der Waals surface area contributed by atoms with Gasteiger partial charge in [-0.05, 0) is 53.6 Å². The van der Waals surface area contributed by atoms with Crippen LogP contribution in [-0.2, 0) is 10.1 Å². The number of benzene rings is 3. The monoisotopic (exact) mass is 350 g/mol. The highest BCUT2D eigenvalue weighted by molar-refractivity contribution is 7.87. The first-order chi connectivity index (χ1) is 12.1. The Hall–Kier alpha value is -3.05. The van der Waals surface area contributed by atoms with Crippen LogP contribution in [0.5, 0.6) is 5.75 Å². The van der Waals surface area contributed by atoms with Gasteiger partial charge in [-0.25, -0.2) is 0 Å². The van der Waals surface area contributed by atoms with E-state index < -0.39 is 10.1 Å². The van der Waals surface area contributed by atoms with Crippen molar-refractivity contribution in [3.63, 3.8) is 0 Å².